The fourth-order valence-corrected chi connectivity index (χ4v) is 2.52. The maximum absolute atomic E-state index is 12.3. The number of hydrogen-bond donors (Lipinski definition) is 2. The number of piperidine rings is 1. The van der Waals surface area contributed by atoms with Crippen LogP contribution in [0.2, 0.25) is 0 Å². The van der Waals surface area contributed by atoms with Crippen LogP contribution in [0.1, 0.15) is 19.8 Å². The molecule has 1 aromatic rings. The maximum atomic E-state index is 12.3. The second-order valence-corrected chi connectivity index (χ2v) is 5.29. The van der Waals surface area contributed by atoms with E-state index in [1.54, 1.807) is 4.90 Å². The first-order valence-electron chi connectivity index (χ1n) is 6.95. The van der Waals surface area contributed by atoms with Gasteiger partial charge in [-0.15, -0.1) is 12.4 Å². The van der Waals surface area contributed by atoms with E-state index in [9.17, 15) is 9.59 Å². The summed E-state index contributed by atoms with van der Waals surface area (Å²) in [5, 5.41) is 3.10. The molecule has 1 saturated heterocycles. The molecule has 0 aliphatic carbocycles. The van der Waals surface area contributed by atoms with E-state index in [-0.39, 0.29) is 42.7 Å². The van der Waals surface area contributed by atoms with Crippen LogP contribution in [0.4, 0.5) is 5.69 Å². The minimum Gasteiger partial charge on any atom is -0.376 e. The van der Waals surface area contributed by atoms with Gasteiger partial charge in [0, 0.05) is 18.3 Å². The van der Waals surface area contributed by atoms with Gasteiger partial charge in [0.1, 0.15) is 0 Å². The lowest BCUT2D eigenvalue weighted by molar-refractivity contribution is -0.135. The van der Waals surface area contributed by atoms with Gasteiger partial charge in [-0.3, -0.25) is 9.59 Å². The Morgan fingerprint density at radius 3 is 2.57 bits per heavy atom. The Hall–Kier alpha value is -1.75. The van der Waals surface area contributed by atoms with E-state index in [0.717, 1.165) is 18.5 Å². The van der Waals surface area contributed by atoms with E-state index in [0.29, 0.717) is 6.54 Å². The molecule has 21 heavy (non-hydrogen) atoms. The van der Waals surface area contributed by atoms with Gasteiger partial charge in [-0.05, 0) is 31.9 Å². The third-order valence-corrected chi connectivity index (χ3v) is 3.82. The lowest BCUT2D eigenvalue weighted by Crippen LogP contribution is -2.50. The zero-order valence-electron chi connectivity index (χ0n) is 12.1. The Kier molecular flexibility index (Phi) is 6.49. The zero-order chi connectivity index (χ0) is 14.5. The van der Waals surface area contributed by atoms with Gasteiger partial charge in [0.15, 0.2) is 0 Å². The smallest absolute Gasteiger partial charge is 0.242 e. The molecule has 2 rings (SSSR count). The Balaban J connectivity index is 0.00000220. The molecule has 1 fully saturated rings. The number of halogens is 1. The normalized spacial score (nSPS) is 21.3. The average molecular weight is 312 g/mol. The molecule has 6 heteroatoms. The zero-order valence-corrected chi connectivity index (χ0v) is 12.9. The van der Waals surface area contributed by atoms with Crippen molar-refractivity contribution < 1.29 is 9.59 Å². The first kappa shape index (κ1) is 17.3. The highest BCUT2D eigenvalue weighted by Gasteiger charge is 2.31. The Morgan fingerprint density at radius 2 is 1.95 bits per heavy atom. The predicted octanol–water partition coefficient (Wildman–Crippen LogP) is 1.63. The highest BCUT2D eigenvalue weighted by molar-refractivity contribution is 5.85. The second-order valence-electron chi connectivity index (χ2n) is 5.29. The van der Waals surface area contributed by atoms with Crippen LogP contribution in [0.5, 0.6) is 0 Å². The van der Waals surface area contributed by atoms with E-state index < -0.39 is 0 Å². The van der Waals surface area contributed by atoms with E-state index >= 15 is 0 Å². The molecule has 5 nitrogen and oxygen atoms in total. The molecule has 0 aromatic heterocycles. The van der Waals surface area contributed by atoms with Gasteiger partial charge < -0.3 is 16.0 Å². The number of primary amides is 1. The number of hydrogen-bond acceptors (Lipinski definition) is 3. The molecule has 1 aliphatic rings. The van der Waals surface area contributed by atoms with Gasteiger partial charge in [0.2, 0.25) is 11.8 Å². The molecule has 0 spiro atoms. The van der Waals surface area contributed by atoms with Gasteiger partial charge in [-0.25, -0.2) is 0 Å². The van der Waals surface area contributed by atoms with Crippen LogP contribution in [0.3, 0.4) is 0 Å². The van der Waals surface area contributed by atoms with Gasteiger partial charge in [-0.2, -0.15) is 0 Å². The quantitative estimate of drug-likeness (QED) is 0.887. The molecule has 116 valence electrons. The fourth-order valence-electron chi connectivity index (χ4n) is 2.52. The van der Waals surface area contributed by atoms with Gasteiger partial charge in [0.25, 0.3) is 0 Å². The lowest BCUT2D eigenvalue weighted by atomic mass is 9.93. The lowest BCUT2D eigenvalue weighted by Gasteiger charge is -2.37. The van der Waals surface area contributed by atoms with Crippen molar-refractivity contribution in [3.05, 3.63) is 30.3 Å². The molecule has 0 bridgehead atoms. The number of benzene rings is 1. The van der Waals surface area contributed by atoms with Crippen LogP contribution in [0.25, 0.3) is 0 Å². The molecule has 0 saturated carbocycles. The van der Waals surface area contributed by atoms with Crippen LogP contribution in [-0.4, -0.2) is 35.8 Å². The average Bonchev–Trinajstić information content (AvgIpc) is 2.46. The van der Waals surface area contributed by atoms with E-state index in [1.165, 1.54) is 0 Å². The molecule has 1 aromatic carbocycles. The number of anilines is 1. The van der Waals surface area contributed by atoms with Crippen molar-refractivity contribution in [2.24, 2.45) is 11.7 Å². The summed E-state index contributed by atoms with van der Waals surface area (Å²) in [6, 6.07) is 9.75. The first-order valence-corrected chi connectivity index (χ1v) is 6.95. The third kappa shape index (κ3) is 4.63. The second kappa shape index (κ2) is 7.88. The number of likely N-dealkylation sites (tertiary alicyclic amines) is 1. The summed E-state index contributed by atoms with van der Waals surface area (Å²) in [5.74, 6) is -0.523. The van der Waals surface area contributed by atoms with Gasteiger partial charge in [-0.1, -0.05) is 18.2 Å². The number of nitrogens with zero attached hydrogens (tertiary/aromatic N) is 1. The molecule has 2 unspecified atom stereocenters. The number of carbonyl (C=O) groups excluding carboxylic acids is 2. The molecular formula is C15H22ClN3O2. The summed E-state index contributed by atoms with van der Waals surface area (Å²) in [6.45, 7) is 2.68. The monoisotopic (exact) mass is 311 g/mol. The van der Waals surface area contributed by atoms with Crippen LogP contribution >= 0.6 is 12.4 Å². The van der Waals surface area contributed by atoms with Crippen LogP contribution in [-0.2, 0) is 9.59 Å². The number of para-hydroxylation sites is 1. The molecule has 2 atom stereocenters. The van der Waals surface area contributed by atoms with Crippen molar-refractivity contribution in [3.63, 3.8) is 0 Å². The maximum Gasteiger partial charge on any atom is 0.242 e. The number of nitrogens with two attached hydrogens (primary N) is 1. The van der Waals surface area contributed by atoms with Crippen molar-refractivity contribution in [2.75, 3.05) is 18.4 Å². The molecule has 3 N–H and O–H groups in total. The minimum atomic E-state index is -0.314. The first-order chi connectivity index (χ1) is 9.58. The van der Waals surface area contributed by atoms with E-state index in [2.05, 4.69) is 5.32 Å². The standard InChI is InChI=1S/C15H21N3O2.ClH/c1-11-7-8-12(15(16)20)10-18(11)14(19)9-17-13-5-3-2-4-6-13;/h2-6,11-12,17H,7-10H2,1H3,(H2,16,20);1H. The van der Waals surface area contributed by atoms with Crippen molar-refractivity contribution in [1.82, 2.24) is 4.90 Å². The van der Waals surface area contributed by atoms with Gasteiger partial charge >= 0.3 is 0 Å². The van der Waals surface area contributed by atoms with Crippen LogP contribution in [0.15, 0.2) is 30.3 Å². The highest BCUT2D eigenvalue weighted by atomic mass is 35.5. The summed E-state index contributed by atoms with van der Waals surface area (Å²) >= 11 is 0. The Labute approximate surface area is 131 Å². The summed E-state index contributed by atoms with van der Waals surface area (Å²) < 4.78 is 0. The SMILES string of the molecule is CC1CCC(C(N)=O)CN1C(=O)CNc1ccccc1.Cl. The number of rotatable bonds is 4. The molecule has 1 aliphatic heterocycles. The summed E-state index contributed by atoms with van der Waals surface area (Å²) in [7, 11) is 0. The number of nitrogens with one attached hydrogen (secondary N) is 1. The summed E-state index contributed by atoms with van der Waals surface area (Å²) in [5.41, 5.74) is 6.26. The highest BCUT2D eigenvalue weighted by Crippen LogP contribution is 2.21. The van der Waals surface area contributed by atoms with Gasteiger partial charge in [0.05, 0.1) is 12.5 Å². The number of amides is 2. The van der Waals surface area contributed by atoms with E-state index in [1.807, 2.05) is 37.3 Å². The largest absolute Gasteiger partial charge is 0.376 e. The summed E-state index contributed by atoms with van der Waals surface area (Å²) in [6.07, 6.45) is 1.59. The topological polar surface area (TPSA) is 75.4 Å². The third-order valence-electron chi connectivity index (χ3n) is 3.82. The van der Waals surface area contributed by atoms with Crippen molar-refractivity contribution in [3.8, 4) is 0 Å². The Bertz CT molecular complexity index is 481. The van der Waals surface area contributed by atoms with E-state index in [4.69, 9.17) is 5.73 Å². The summed E-state index contributed by atoms with van der Waals surface area (Å²) in [4.78, 5) is 25.3. The molecule has 0 radical (unpaired) electrons. The van der Waals surface area contributed by atoms with Crippen LogP contribution in [0, 0.1) is 5.92 Å². The minimum absolute atomic E-state index is 0. The van der Waals surface area contributed by atoms with Crippen molar-refractivity contribution in [1.29, 1.82) is 0 Å². The van der Waals surface area contributed by atoms with Crippen molar-refractivity contribution in [2.45, 2.75) is 25.8 Å². The fraction of sp³-hybridized carbons (Fsp3) is 0.467. The number of carbonyl (C=O) groups is 2. The molecule has 1 heterocycles. The molecular weight excluding hydrogens is 290 g/mol. The molecule has 2 amide bonds. The Morgan fingerprint density at radius 1 is 1.29 bits per heavy atom. The van der Waals surface area contributed by atoms with Crippen LogP contribution < -0.4 is 11.1 Å². The predicted molar refractivity (Wildman–Crippen MR) is 85.3 cm³/mol. The van der Waals surface area contributed by atoms with Crippen molar-refractivity contribution >= 4 is 29.9 Å².